The van der Waals surface area contributed by atoms with Crippen LogP contribution in [0.5, 0.6) is 0 Å². The van der Waals surface area contributed by atoms with E-state index in [9.17, 15) is 0 Å². The Balaban J connectivity index is 2.37. The zero-order valence-electron chi connectivity index (χ0n) is 6.59. The second-order valence-corrected chi connectivity index (χ2v) is 5.00. The maximum absolute atomic E-state index is 5.86. The van der Waals surface area contributed by atoms with Gasteiger partial charge in [-0.05, 0) is 30.2 Å². The molecule has 0 amide bonds. The molecular weight excluding hydrogens is 234 g/mol. The minimum Gasteiger partial charge on any atom is -0.327 e. The zero-order chi connectivity index (χ0) is 8.55. The predicted molar refractivity (Wildman–Crippen MR) is 56.5 cm³/mol. The van der Waals surface area contributed by atoms with Gasteiger partial charge in [-0.2, -0.15) is 0 Å². The molecule has 2 rings (SSSR count). The molecule has 0 saturated carbocycles. The lowest BCUT2D eigenvalue weighted by atomic mass is 10.1. The fourth-order valence-corrected chi connectivity index (χ4v) is 2.80. The second kappa shape index (κ2) is 3.40. The summed E-state index contributed by atoms with van der Waals surface area (Å²) in [5.41, 5.74) is 7.25. The normalized spacial score (nSPS) is 22.0. The van der Waals surface area contributed by atoms with E-state index >= 15 is 0 Å². The third-order valence-electron chi connectivity index (χ3n) is 1.96. The third-order valence-corrected chi connectivity index (χ3v) is 3.75. The van der Waals surface area contributed by atoms with Crippen molar-refractivity contribution in [2.24, 2.45) is 5.73 Å². The highest BCUT2D eigenvalue weighted by molar-refractivity contribution is 9.10. The van der Waals surface area contributed by atoms with Gasteiger partial charge in [0.15, 0.2) is 0 Å². The Morgan fingerprint density at radius 1 is 1.50 bits per heavy atom. The van der Waals surface area contributed by atoms with Gasteiger partial charge in [0.25, 0.3) is 0 Å². The van der Waals surface area contributed by atoms with Crippen LogP contribution in [0.2, 0.25) is 0 Å². The number of thioether (sulfide) groups is 1. The lowest BCUT2D eigenvalue weighted by molar-refractivity contribution is 0.726. The highest BCUT2D eigenvalue weighted by Gasteiger charge is 2.15. The molecule has 64 valence electrons. The molecule has 0 bridgehead atoms. The minimum absolute atomic E-state index is 0.330. The van der Waals surface area contributed by atoms with Crippen molar-refractivity contribution in [2.75, 3.05) is 5.75 Å². The molecule has 0 fully saturated rings. The van der Waals surface area contributed by atoms with Gasteiger partial charge in [0, 0.05) is 21.2 Å². The number of hydrogen-bond donors (Lipinski definition) is 1. The van der Waals surface area contributed by atoms with Crippen molar-refractivity contribution in [3.05, 3.63) is 28.2 Å². The van der Waals surface area contributed by atoms with E-state index in [0.717, 1.165) is 16.6 Å². The molecule has 2 N–H and O–H groups in total. The van der Waals surface area contributed by atoms with Gasteiger partial charge in [-0.3, -0.25) is 0 Å². The number of fused-ring (bicyclic) bond motifs is 1. The first-order valence-electron chi connectivity index (χ1n) is 3.92. The Kier molecular flexibility index (Phi) is 2.44. The molecule has 1 aliphatic rings. The van der Waals surface area contributed by atoms with E-state index in [1.54, 1.807) is 0 Å². The van der Waals surface area contributed by atoms with Crippen molar-refractivity contribution in [3.63, 3.8) is 0 Å². The van der Waals surface area contributed by atoms with Crippen LogP contribution in [0.1, 0.15) is 5.56 Å². The first-order valence-corrected chi connectivity index (χ1v) is 5.70. The van der Waals surface area contributed by atoms with Crippen LogP contribution >= 0.6 is 27.7 Å². The van der Waals surface area contributed by atoms with Crippen LogP contribution in [0.15, 0.2) is 27.6 Å². The predicted octanol–water partition coefficient (Wildman–Crippen LogP) is 2.42. The topological polar surface area (TPSA) is 26.0 Å². The molecule has 1 aromatic carbocycles. The van der Waals surface area contributed by atoms with E-state index in [1.165, 1.54) is 10.5 Å². The Hall–Kier alpha value is 0.01000. The lowest BCUT2D eigenvalue weighted by Gasteiger charge is -2.20. The van der Waals surface area contributed by atoms with E-state index < -0.39 is 0 Å². The largest absolute Gasteiger partial charge is 0.327 e. The van der Waals surface area contributed by atoms with E-state index in [0.29, 0.717) is 6.04 Å². The summed E-state index contributed by atoms with van der Waals surface area (Å²) in [6.07, 6.45) is 1.02. The van der Waals surface area contributed by atoms with Crippen LogP contribution in [0.25, 0.3) is 0 Å². The molecular formula is C9H10BrNS. The molecule has 0 radical (unpaired) electrons. The summed E-state index contributed by atoms with van der Waals surface area (Å²) in [6.45, 7) is 0. The molecule has 0 saturated heterocycles. The summed E-state index contributed by atoms with van der Waals surface area (Å²) in [6, 6.07) is 6.75. The van der Waals surface area contributed by atoms with Crippen molar-refractivity contribution in [2.45, 2.75) is 17.4 Å². The second-order valence-electron chi connectivity index (χ2n) is 3.03. The Labute approximate surface area is 84.9 Å². The van der Waals surface area contributed by atoms with Crippen LogP contribution in [-0.4, -0.2) is 11.8 Å². The zero-order valence-corrected chi connectivity index (χ0v) is 8.99. The molecule has 0 aromatic heterocycles. The van der Waals surface area contributed by atoms with Crippen molar-refractivity contribution in [1.29, 1.82) is 0 Å². The molecule has 3 heteroatoms. The van der Waals surface area contributed by atoms with Crippen LogP contribution in [0.3, 0.4) is 0 Å². The first kappa shape index (κ1) is 8.60. The van der Waals surface area contributed by atoms with E-state index in [1.807, 2.05) is 11.8 Å². The van der Waals surface area contributed by atoms with Crippen molar-refractivity contribution in [1.82, 2.24) is 0 Å². The number of halogens is 1. The molecule has 1 atom stereocenters. The SMILES string of the molecule is NC1CSc2ccc(Br)cc2C1. The smallest absolute Gasteiger partial charge is 0.0178 e. The number of hydrogen-bond acceptors (Lipinski definition) is 2. The third kappa shape index (κ3) is 1.68. The molecule has 1 aromatic rings. The van der Waals surface area contributed by atoms with Gasteiger partial charge in [-0.1, -0.05) is 15.9 Å². The van der Waals surface area contributed by atoms with Crippen LogP contribution in [-0.2, 0) is 6.42 Å². The van der Waals surface area contributed by atoms with E-state index in [4.69, 9.17) is 5.73 Å². The summed E-state index contributed by atoms with van der Waals surface area (Å²) in [4.78, 5) is 1.39. The van der Waals surface area contributed by atoms with Crippen molar-refractivity contribution < 1.29 is 0 Å². The quantitative estimate of drug-likeness (QED) is 0.758. The molecule has 1 heterocycles. The fraction of sp³-hybridized carbons (Fsp3) is 0.333. The highest BCUT2D eigenvalue weighted by atomic mass is 79.9. The summed E-state index contributed by atoms with van der Waals surface area (Å²) in [7, 11) is 0. The van der Waals surface area contributed by atoms with Gasteiger partial charge in [0.2, 0.25) is 0 Å². The standard InChI is InChI=1S/C9H10BrNS/c10-7-1-2-9-6(3-7)4-8(11)5-12-9/h1-3,8H,4-5,11H2. The van der Waals surface area contributed by atoms with Crippen LogP contribution in [0, 0.1) is 0 Å². The average molecular weight is 244 g/mol. The summed E-state index contributed by atoms with van der Waals surface area (Å²) in [5, 5.41) is 0. The van der Waals surface area contributed by atoms with Crippen LogP contribution in [0.4, 0.5) is 0 Å². The van der Waals surface area contributed by atoms with Gasteiger partial charge in [0.05, 0.1) is 0 Å². The van der Waals surface area contributed by atoms with E-state index in [-0.39, 0.29) is 0 Å². The number of benzene rings is 1. The first-order chi connectivity index (χ1) is 5.75. The van der Waals surface area contributed by atoms with Gasteiger partial charge < -0.3 is 5.73 Å². The summed E-state index contributed by atoms with van der Waals surface area (Å²) >= 11 is 5.32. The Morgan fingerprint density at radius 2 is 2.33 bits per heavy atom. The number of nitrogens with two attached hydrogens (primary N) is 1. The summed E-state index contributed by atoms with van der Waals surface area (Å²) in [5.74, 6) is 1.05. The van der Waals surface area contributed by atoms with E-state index in [2.05, 4.69) is 34.1 Å². The number of rotatable bonds is 0. The molecule has 1 nitrogen and oxygen atoms in total. The van der Waals surface area contributed by atoms with Crippen molar-refractivity contribution in [3.8, 4) is 0 Å². The van der Waals surface area contributed by atoms with Gasteiger partial charge in [-0.25, -0.2) is 0 Å². The molecule has 0 spiro atoms. The highest BCUT2D eigenvalue weighted by Crippen LogP contribution is 2.31. The monoisotopic (exact) mass is 243 g/mol. The maximum atomic E-state index is 5.86. The Bertz CT molecular complexity index is 301. The Morgan fingerprint density at radius 3 is 3.17 bits per heavy atom. The fourth-order valence-electron chi connectivity index (χ4n) is 1.39. The molecule has 1 unspecified atom stereocenters. The van der Waals surface area contributed by atoms with Gasteiger partial charge >= 0.3 is 0 Å². The maximum Gasteiger partial charge on any atom is 0.0178 e. The van der Waals surface area contributed by atoms with Gasteiger partial charge in [-0.15, -0.1) is 11.8 Å². The lowest BCUT2D eigenvalue weighted by Crippen LogP contribution is -2.28. The molecule has 12 heavy (non-hydrogen) atoms. The minimum atomic E-state index is 0.330. The molecule has 1 aliphatic heterocycles. The molecule has 0 aliphatic carbocycles. The average Bonchev–Trinajstić information content (AvgIpc) is 2.03. The van der Waals surface area contributed by atoms with Crippen LogP contribution < -0.4 is 5.73 Å². The van der Waals surface area contributed by atoms with Gasteiger partial charge in [0.1, 0.15) is 0 Å². The van der Waals surface area contributed by atoms with Crippen molar-refractivity contribution >= 4 is 27.7 Å². The summed E-state index contributed by atoms with van der Waals surface area (Å²) < 4.78 is 1.15.